The Labute approximate surface area is 124 Å². The van der Waals surface area contributed by atoms with E-state index in [-0.39, 0.29) is 0 Å². The van der Waals surface area contributed by atoms with Gasteiger partial charge in [0.05, 0.1) is 5.69 Å². The van der Waals surface area contributed by atoms with E-state index in [4.69, 9.17) is 4.74 Å². The number of nitrogens with one attached hydrogen (secondary N) is 1. The molecule has 0 saturated heterocycles. The van der Waals surface area contributed by atoms with Crippen LogP contribution in [0.2, 0.25) is 0 Å². The second-order valence-electron chi connectivity index (χ2n) is 4.34. The summed E-state index contributed by atoms with van der Waals surface area (Å²) < 4.78 is 5.87. The van der Waals surface area contributed by atoms with Crippen molar-refractivity contribution in [3.63, 3.8) is 0 Å². The van der Waals surface area contributed by atoms with Crippen molar-refractivity contribution < 1.29 is 4.74 Å². The third kappa shape index (κ3) is 4.18. The van der Waals surface area contributed by atoms with Gasteiger partial charge in [-0.1, -0.05) is 37.3 Å². The summed E-state index contributed by atoms with van der Waals surface area (Å²) in [5, 5.41) is 6.44. The minimum Gasteiger partial charge on any atom is -0.487 e. The van der Waals surface area contributed by atoms with E-state index in [1.165, 1.54) is 0 Å². The van der Waals surface area contributed by atoms with Crippen molar-refractivity contribution in [3.05, 3.63) is 52.0 Å². The minimum atomic E-state index is 0.511. The Balaban J connectivity index is 1.96. The number of aromatic nitrogens is 1. The lowest BCUT2D eigenvalue weighted by Crippen LogP contribution is -2.11. The molecule has 0 aliphatic carbocycles. The molecule has 0 bridgehead atoms. The van der Waals surface area contributed by atoms with Gasteiger partial charge in [-0.3, -0.25) is 0 Å². The molecule has 1 aromatic heterocycles. The lowest BCUT2D eigenvalue weighted by atomic mass is 10.2. The molecule has 2 rings (SSSR count). The van der Waals surface area contributed by atoms with E-state index in [1.807, 2.05) is 43.3 Å². The van der Waals surface area contributed by atoms with Crippen LogP contribution < -0.4 is 10.1 Å². The third-order valence-electron chi connectivity index (χ3n) is 2.77. The molecule has 0 aliphatic rings. The standard InChI is InChI=1S/C16H20N2OS/c1-3-7-13-8-5-6-9-15(13)19-11-14-12-20-16(18-14)10-17-4-2/h3,5-9,12,17H,4,10-11H2,1-2H3. The molecule has 0 radical (unpaired) electrons. The summed E-state index contributed by atoms with van der Waals surface area (Å²) in [6, 6.07) is 8.04. The van der Waals surface area contributed by atoms with E-state index < -0.39 is 0 Å². The zero-order valence-corrected chi connectivity index (χ0v) is 12.7. The van der Waals surface area contributed by atoms with Gasteiger partial charge in [0.15, 0.2) is 0 Å². The highest BCUT2D eigenvalue weighted by atomic mass is 32.1. The van der Waals surface area contributed by atoms with E-state index in [1.54, 1.807) is 11.3 Å². The molecule has 2 aromatic rings. The van der Waals surface area contributed by atoms with E-state index in [2.05, 4.69) is 22.6 Å². The molecule has 0 spiro atoms. The number of thiazole rings is 1. The van der Waals surface area contributed by atoms with Crippen LogP contribution in [0.25, 0.3) is 6.08 Å². The van der Waals surface area contributed by atoms with Gasteiger partial charge in [-0.15, -0.1) is 11.3 Å². The number of hydrogen-bond acceptors (Lipinski definition) is 4. The number of rotatable bonds is 7. The first kappa shape index (κ1) is 14.8. The Bertz CT molecular complexity index is 563. The van der Waals surface area contributed by atoms with Crippen molar-refractivity contribution >= 4 is 17.4 Å². The molecule has 0 aliphatic heterocycles. The van der Waals surface area contributed by atoms with E-state index in [0.29, 0.717) is 6.61 Å². The van der Waals surface area contributed by atoms with Crippen LogP contribution in [0.1, 0.15) is 30.1 Å². The SMILES string of the molecule is CC=Cc1ccccc1OCc1csc(CNCC)n1. The quantitative estimate of drug-likeness (QED) is 0.840. The number of ether oxygens (including phenoxy) is 1. The summed E-state index contributed by atoms with van der Waals surface area (Å²) in [4.78, 5) is 4.55. The normalized spacial score (nSPS) is 11.1. The fourth-order valence-electron chi connectivity index (χ4n) is 1.81. The Morgan fingerprint density at radius 2 is 2.20 bits per heavy atom. The van der Waals surface area contributed by atoms with Gasteiger partial charge >= 0.3 is 0 Å². The zero-order chi connectivity index (χ0) is 14.2. The van der Waals surface area contributed by atoms with Crippen LogP contribution in [0.15, 0.2) is 35.7 Å². The Hall–Kier alpha value is -1.65. The van der Waals surface area contributed by atoms with E-state index in [9.17, 15) is 0 Å². The van der Waals surface area contributed by atoms with Crippen molar-refractivity contribution in [1.82, 2.24) is 10.3 Å². The number of hydrogen-bond donors (Lipinski definition) is 1. The van der Waals surface area contributed by atoms with Crippen molar-refractivity contribution in [2.24, 2.45) is 0 Å². The van der Waals surface area contributed by atoms with Crippen molar-refractivity contribution in [3.8, 4) is 5.75 Å². The first-order valence-electron chi connectivity index (χ1n) is 6.82. The predicted octanol–water partition coefficient (Wildman–Crippen LogP) is 3.86. The third-order valence-corrected chi connectivity index (χ3v) is 3.66. The Morgan fingerprint density at radius 3 is 3.00 bits per heavy atom. The molecule has 20 heavy (non-hydrogen) atoms. The summed E-state index contributed by atoms with van der Waals surface area (Å²) >= 11 is 1.67. The molecule has 106 valence electrons. The summed E-state index contributed by atoms with van der Waals surface area (Å²) in [7, 11) is 0. The number of benzene rings is 1. The maximum Gasteiger partial charge on any atom is 0.131 e. The predicted molar refractivity (Wildman–Crippen MR) is 85.0 cm³/mol. The van der Waals surface area contributed by atoms with Gasteiger partial charge in [0.1, 0.15) is 17.4 Å². The molecule has 4 heteroatoms. The second kappa shape index (κ2) is 7.82. The highest BCUT2D eigenvalue weighted by Crippen LogP contribution is 2.21. The van der Waals surface area contributed by atoms with Crippen molar-refractivity contribution in [2.45, 2.75) is 27.0 Å². The van der Waals surface area contributed by atoms with Crippen LogP contribution in [0.5, 0.6) is 5.75 Å². The Morgan fingerprint density at radius 1 is 1.35 bits per heavy atom. The molecule has 3 nitrogen and oxygen atoms in total. The van der Waals surface area contributed by atoms with Gasteiger partial charge in [0.25, 0.3) is 0 Å². The molecule has 0 atom stereocenters. The van der Waals surface area contributed by atoms with Gasteiger partial charge in [-0.25, -0.2) is 4.98 Å². The maximum atomic E-state index is 5.87. The topological polar surface area (TPSA) is 34.1 Å². The maximum absolute atomic E-state index is 5.87. The summed E-state index contributed by atoms with van der Waals surface area (Å²) in [6.45, 7) is 6.40. The fraction of sp³-hybridized carbons (Fsp3) is 0.312. The van der Waals surface area contributed by atoms with Gasteiger partial charge in [0.2, 0.25) is 0 Å². The average Bonchev–Trinajstić information content (AvgIpc) is 2.92. The molecular weight excluding hydrogens is 268 g/mol. The van der Waals surface area contributed by atoms with Crippen LogP contribution in [0.4, 0.5) is 0 Å². The zero-order valence-electron chi connectivity index (χ0n) is 11.9. The second-order valence-corrected chi connectivity index (χ2v) is 5.28. The number of allylic oxidation sites excluding steroid dienone is 1. The van der Waals surface area contributed by atoms with Gasteiger partial charge in [-0.05, 0) is 19.5 Å². The smallest absolute Gasteiger partial charge is 0.131 e. The fourth-order valence-corrected chi connectivity index (χ4v) is 2.56. The first-order chi connectivity index (χ1) is 9.83. The van der Waals surface area contributed by atoms with E-state index >= 15 is 0 Å². The van der Waals surface area contributed by atoms with Gasteiger partial charge in [-0.2, -0.15) is 0 Å². The summed E-state index contributed by atoms with van der Waals surface area (Å²) in [5.74, 6) is 0.895. The number of nitrogens with zero attached hydrogens (tertiary/aromatic N) is 1. The molecule has 0 saturated carbocycles. The molecule has 0 fully saturated rings. The van der Waals surface area contributed by atoms with Gasteiger partial charge in [0, 0.05) is 17.5 Å². The van der Waals surface area contributed by atoms with Crippen molar-refractivity contribution in [1.29, 1.82) is 0 Å². The average molecular weight is 288 g/mol. The van der Waals surface area contributed by atoms with Crippen LogP contribution in [0, 0.1) is 0 Å². The molecule has 1 heterocycles. The monoisotopic (exact) mass is 288 g/mol. The molecule has 1 aromatic carbocycles. The van der Waals surface area contributed by atoms with Crippen LogP contribution in [0.3, 0.4) is 0 Å². The van der Waals surface area contributed by atoms with Crippen LogP contribution in [-0.2, 0) is 13.2 Å². The molecule has 0 amide bonds. The van der Waals surface area contributed by atoms with Crippen LogP contribution in [-0.4, -0.2) is 11.5 Å². The highest BCUT2D eigenvalue weighted by molar-refractivity contribution is 7.09. The highest BCUT2D eigenvalue weighted by Gasteiger charge is 2.04. The molecular formula is C16H20N2OS. The van der Waals surface area contributed by atoms with Crippen LogP contribution >= 0.6 is 11.3 Å². The lowest BCUT2D eigenvalue weighted by molar-refractivity contribution is 0.301. The number of para-hydroxylation sites is 1. The largest absolute Gasteiger partial charge is 0.487 e. The van der Waals surface area contributed by atoms with E-state index in [0.717, 1.165) is 35.1 Å². The molecule has 0 unspecified atom stereocenters. The summed E-state index contributed by atoms with van der Waals surface area (Å²) in [5.41, 5.74) is 2.08. The Kier molecular flexibility index (Phi) is 5.77. The molecule has 1 N–H and O–H groups in total. The van der Waals surface area contributed by atoms with Gasteiger partial charge < -0.3 is 10.1 Å². The first-order valence-corrected chi connectivity index (χ1v) is 7.70. The van der Waals surface area contributed by atoms with Crippen molar-refractivity contribution in [2.75, 3.05) is 6.54 Å². The summed E-state index contributed by atoms with van der Waals surface area (Å²) in [6.07, 6.45) is 4.06. The minimum absolute atomic E-state index is 0.511. The lowest BCUT2D eigenvalue weighted by Gasteiger charge is -2.07.